The number of amides is 1. The summed E-state index contributed by atoms with van der Waals surface area (Å²) in [6.45, 7) is 7.30. The molecular weight excluding hydrogens is 416 g/mol. The third-order valence-corrected chi connectivity index (χ3v) is 7.32. The molecule has 0 N–H and O–H groups in total. The van der Waals surface area contributed by atoms with Gasteiger partial charge in [-0.2, -0.15) is 10.1 Å². The summed E-state index contributed by atoms with van der Waals surface area (Å²) in [5, 5.41) is 8.78. The number of nitrogens with zero attached hydrogens (tertiary/aromatic N) is 6. The summed E-state index contributed by atoms with van der Waals surface area (Å²) in [6.07, 6.45) is 3.54. The normalized spacial score (nSPS) is 20.6. The predicted molar refractivity (Wildman–Crippen MR) is 124 cm³/mol. The Hall–Kier alpha value is -3.00. The molecule has 2 aromatic heterocycles. The number of aromatic nitrogens is 4. The van der Waals surface area contributed by atoms with Crippen molar-refractivity contribution in [3.05, 3.63) is 53.6 Å². The van der Waals surface area contributed by atoms with Crippen molar-refractivity contribution in [3.63, 3.8) is 0 Å². The van der Waals surface area contributed by atoms with E-state index in [2.05, 4.69) is 28.3 Å². The Morgan fingerprint density at radius 3 is 2.64 bits per heavy atom. The highest BCUT2D eigenvalue weighted by Crippen LogP contribution is 2.47. The van der Waals surface area contributed by atoms with Crippen LogP contribution in [0, 0.1) is 19.3 Å². The molecule has 3 aromatic rings. The molecule has 0 radical (unpaired) electrons. The van der Waals surface area contributed by atoms with E-state index >= 15 is 0 Å². The lowest BCUT2D eigenvalue weighted by molar-refractivity contribution is -0.133. The van der Waals surface area contributed by atoms with E-state index in [-0.39, 0.29) is 17.4 Å². The standard InChI is InChI=1S/C25H32N6O2/c1-18-15-19(2)31(27-18)12-9-22(32)30-13-10-25(11-14-30)16-21(29(3)17-25)23-26-24(33-28-23)20-7-5-4-6-8-20/h4-8,15,21H,9-14,16-17H2,1-3H3. The minimum absolute atomic E-state index is 0.152. The second kappa shape index (κ2) is 8.74. The van der Waals surface area contributed by atoms with Crippen LogP contribution >= 0.6 is 0 Å². The van der Waals surface area contributed by atoms with E-state index in [1.807, 2.05) is 53.8 Å². The molecule has 0 saturated carbocycles. The molecule has 1 unspecified atom stereocenters. The van der Waals surface area contributed by atoms with Gasteiger partial charge in [0.25, 0.3) is 5.89 Å². The fourth-order valence-corrected chi connectivity index (χ4v) is 5.48. The van der Waals surface area contributed by atoms with Gasteiger partial charge in [-0.3, -0.25) is 14.4 Å². The van der Waals surface area contributed by atoms with E-state index < -0.39 is 0 Å². The second-order valence-electron chi connectivity index (χ2n) is 9.74. The van der Waals surface area contributed by atoms with Crippen molar-refractivity contribution in [1.82, 2.24) is 29.7 Å². The largest absolute Gasteiger partial charge is 0.343 e. The number of aryl methyl sites for hydroxylation is 3. The molecule has 2 fully saturated rings. The average Bonchev–Trinajstić information content (AvgIpc) is 3.50. The Morgan fingerprint density at radius 1 is 1.18 bits per heavy atom. The molecule has 2 saturated heterocycles. The lowest BCUT2D eigenvalue weighted by Gasteiger charge is -2.39. The number of carbonyl (C=O) groups excluding carboxylic acids is 1. The Bertz CT molecular complexity index is 1110. The summed E-state index contributed by atoms with van der Waals surface area (Å²) in [5.41, 5.74) is 3.25. The summed E-state index contributed by atoms with van der Waals surface area (Å²) in [4.78, 5) is 21.9. The zero-order valence-electron chi connectivity index (χ0n) is 19.7. The molecule has 1 spiro atoms. The minimum Gasteiger partial charge on any atom is -0.343 e. The van der Waals surface area contributed by atoms with Gasteiger partial charge < -0.3 is 9.42 Å². The Balaban J connectivity index is 1.18. The fourth-order valence-electron chi connectivity index (χ4n) is 5.48. The molecule has 4 heterocycles. The third-order valence-electron chi connectivity index (χ3n) is 7.32. The van der Waals surface area contributed by atoms with Crippen LogP contribution in [0.1, 0.15) is 48.9 Å². The smallest absolute Gasteiger partial charge is 0.257 e. The fraction of sp³-hybridized carbons (Fsp3) is 0.520. The highest BCUT2D eigenvalue weighted by atomic mass is 16.5. The summed E-state index contributed by atoms with van der Waals surface area (Å²) < 4.78 is 7.50. The van der Waals surface area contributed by atoms with Crippen molar-refractivity contribution in [2.45, 2.75) is 52.1 Å². The molecule has 1 atom stereocenters. The maximum Gasteiger partial charge on any atom is 0.257 e. The van der Waals surface area contributed by atoms with Crippen LogP contribution in [0.5, 0.6) is 0 Å². The van der Waals surface area contributed by atoms with Crippen LogP contribution in [0.2, 0.25) is 0 Å². The molecule has 1 aromatic carbocycles. The summed E-state index contributed by atoms with van der Waals surface area (Å²) in [6, 6.07) is 12.1. The van der Waals surface area contributed by atoms with Gasteiger partial charge in [-0.05, 0) is 63.8 Å². The zero-order chi connectivity index (χ0) is 23.0. The Kier molecular flexibility index (Phi) is 5.78. The number of hydrogen-bond donors (Lipinski definition) is 0. The van der Waals surface area contributed by atoms with Gasteiger partial charge in [0.15, 0.2) is 5.82 Å². The van der Waals surface area contributed by atoms with Crippen LogP contribution in [0.15, 0.2) is 40.9 Å². The van der Waals surface area contributed by atoms with Crippen molar-refractivity contribution < 1.29 is 9.32 Å². The summed E-state index contributed by atoms with van der Waals surface area (Å²) >= 11 is 0. The molecular formula is C25H32N6O2. The Morgan fingerprint density at radius 2 is 1.94 bits per heavy atom. The number of likely N-dealkylation sites (tertiary alicyclic amines) is 2. The highest BCUT2D eigenvalue weighted by Gasteiger charge is 2.46. The van der Waals surface area contributed by atoms with Crippen molar-refractivity contribution in [2.75, 3.05) is 26.7 Å². The first-order valence-corrected chi connectivity index (χ1v) is 11.8. The first-order valence-electron chi connectivity index (χ1n) is 11.8. The van der Waals surface area contributed by atoms with Gasteiger partial charge in [-0.25, -0.2) is 0 Å². The Labute approximate surface area is 194 Å². The third kappa shape index (κ3) is 4.44. The van der Waals surface area contributed by atoms with Gasteiger partial charge in [0.05, 0.1) is 11.7 Å². The van der Waals surface area contributed by atoms with Crippen LogP contribution in [0.25, 0.3) is 11.5 Å². The molecule has 8 nitrogen and oxygen atoms in total. The number of piperidine rings is 1. The van der Waals surface area contributed by atoms with Gasteiger partial charge in [-0.15, -0.1) is 0 Å². The molecule has 8 heteroatoms. The molecule has 5 rings (SSSR count). The minimum atomic E-state index is 0.152. The van der Waals surface area contributed by atoms with E-state index in [0.29, 0.717) is 18.9 Å². The van der Waals surface area contributed by atoms with Gasteiger partial charge in [0.2, 0.25) is 5.91 Å². The maximum atomic E-state index is 12.8. The SMILES string of the molecule is Cc1cc(C)n(CCC(=O)N2CCC3(CC2)CC(c2noc(-c4ccccc4)n2)N(C)C3)n1. The quantitative estimate of drug-likeness (QED) is 0.593. The van der Waals surface area contributed by atoms with E-state index in [9.17, 15) is 4.79 Å². The first kappa shape index (κ1) is 21.8. The van der Waals surface area contributed by atoms with E-state index in [4.69, 9.17) is 9.51 Å². The van der Waals surface area contributed by atoms with Crippen molar-refractivity contribution in [2.24, 2.45) is 5.41 Å². The highest BCUT2D eigenvalue weighted by molar-refractivity contribution is 5.76. The van der Waals surface area contributed by atoms with Crippen LogP contribution in [0.3, 0.4) is 0 Å². The van der Waals surface area contributed by atoms with Crippen LogP contribution in [-0.2, 0) is 11.3 Å². The monoisotopic (exact) mass is 448 g/mol. The van der Waals surface area contributed by atoms with E-state index in [1.165, 1.54) is 0 Å². The average molecular weight is 449 g/mol. The van der Waals surface area contributed by atoms with Crippen molar-refractivity contribution in [3.8, 4) is 11.5 Å². The van der Waals surface area contributed by atoms with Gasteiger partial charge in [0, 0.05) is 43.9 Å². The van der Waals surface area contributed by atoms with E-state index in [1.54, 1.807) is 0 Å². The molecule has 1 amide bonds. The predicted octanol–water partition coefficient (Wildman–Crippen LogP) is 3.63. The molecule has 0 aliphatic carbocycles. The van der Waals surface area contributed by atoms with Gasteiger partial charge in [-0.1, -0.05) is 23.4 Å². The number of carbonyl (C=O) groups is 1. The van der Waals surface area contributed by atoms with Crippen molar-refractivity contribution >= 4 is 5.91 Å². The van der Waals surface area contributed by atoms with Crippen LogP contribution in [0.4, 0.5) is 0 Å². The van der Waals surface area contributed by atoms with E-state index in [0.717, 1.165) is 61.7 Å². The lowest BCUT2D eigenvalue weighted by Crippen LogP contribution is -2.44. The van der Waals surface area contributed by atoms with Gasteiger partial charge >= 0.3 is 0 Å². The molecule has 174 valence electrons. The number of hydrogen-bond acceptors (Lipinski definition) is 6. The van der Waals surface area contributed by atoms with Crippen LogP contribution < -0.4 is 0 Å². The molecule has 0 bridgehead atoms. The van der Waals surface area contributed by atoms with Crippen LogP contribution in [-0.4, -0.2) is 62.3 Å². The topological polar surface area (TPSA) is 80.3 Å². The molecule has 2 aliphatic rings. The lowest BCUT2D eigenvalue weighted by atomic mass is 9.76. The number of rotatable bonds is 5. The summed E-state index contributed by atoms with van der Waals surface area (Å²) in [5.74, 6) is 1.56. The zero-order valence-corrected chi connectivity index (χ0v) is 19.7. The summed E-state index contributed by atoms with van der Waals surface area (Å²) in [7, 11) is 2.14. The first-order chi connectivity index (χ1) is 15.9. The van der Waals surface area contributed by atoms with Crippen molar-refractivity contribution in [1.29, 1.82) is 0 Å². The maximum absolute atomic E-state index is 12.8. The second-order valence-corrected chi connectivity index (χ2v) is 9.74. The van der Waals surface area contributed by atoms with Gasteiger partial charge in [0.1, 0.15) is 0 Å². The molecule has 2 aliphatic heterocycles. The molecule has 33 heavy (non-hydrogen) atoms. The number of benzene rings is 1.